The molecule has 1 aromatic carbocycles. The van der Waals surface area contributed by atoms with E-state index in [1.807, 2.05) is 0 Å². The van der Waals surface area contributed by atoms with Crippen molar-refractivity contribution in [1.82, 2.24) is 4.98 Å². The van der Waals surface area contributed by atoms with Crippen LogP contribution < -0.4 is 5.73 Å². The Bertz CT molecular complexity index is 519. The van der Waals surface area contributed by atoms with E-state index in [1.54, 1.807) is 6.07 Å². The molecule has 0 bridgehead atoms. The van der Waals surface area contributed by atoms with Crippen molar-refractivity contribution in [2.24, 2.45) is 0 Å². The van der Waals surface area contributed by atoms with Gasteiger partial charge in [-0.3, -0.25) is 0 Å². The summed E-state index contributed by atoms with van der Waals surface area (Å²) in [4.78, 5) is 13.7. The number of hydrogen-bond donors (Lipinski definition) is 3. The largest absolute Gasteiger partial charge is 0.478 e. The van der Waals surface area contributed by atoms with Crippen LogP contribution in [-0.4, -0.2) is 16.1 Å². The van der Waals surface area contributed by atoms with Crippen molar-refractivity contribution in [3.8, 4) is 0 Å². The molecule has 0 aliphatic rings. The van der Waals surface area contributed by atoms with Crippen LogP contribution >= 0.6 is 11.6 Å². The molecule has 0 saturated carbocycles. The molecule has 4 N–H and O–H groups in total. The number of nitrogen functional groups attached to an aromatic ring is 1. The molecule has 72 valence electrons. The van der Waals surface area contributed by atoms with Crippen molar-refractivity contribution in [1.29, 1.82) is 0 Å². The monoisotopic (exact) mass is 210 g/mol. The second kappa shape index (κ2) is 2.92. The van der Waals surface area contributed by atoms with E-state index in [2.05, 4.69) is 4.98 Å². The molecule has 0 unspecified atom stereocenters. The molecule has 4 nitrogen and oxygen atoms in total. The second-order valence-electron chi connectivity index (χ2n) is 2.93. The minimum atomic E-state index is -1.04. The number of carbonyl (C=O) groups is 1. The maximum absolute atomic E-state index is 10.9. The molecule has 0 fully saturated rings. The molecule has 0 aliphatic carbocycles. The van der Waals surface area contributed by atoms with Crippen molar-refractivity contribution >= 4 is 34.2 Å². The van der Waals surface area contributed by atoms with Crippen LogP contribution in [0.5, 0.6) is 0 Å². The average molecular weight is 211 g/mol. The quantitative estimate of drug-likeness (QED) is 0.631. The van der Waals surface area contributed by atoms with E-state index < -0.39 is 5.97 Å². The first-order chi connectivity index (χ1) is 6.59. The number of anilines is 1. The number of rotatable bonds is 1. The van der Waals surface area contributed by atoms with Crippen molar-refractivity contribution in [2.75, 3.05) is 5.73 Å². The number of benzene rings is 1. The lowest BCUT2D eigenvalue weighted by Gasteiger charge is -2.00. The summed E-state index contributed by atoms with van der Waals surface area (Å²) in [5.74, 6) is -1.04. The summed E-state index contributed by atoms with van der Waals surface area (Å²) in [5, 5.41) is 9.80. The highest BCUT2D eigenvalue weighted by atomic mass is 35.5. The fourth-order valence-corrected chi connectivity index (χ4v) is 1.68. The maximum atomic E-state index is 10.9. The zero-order chi connectivity index (χ0) is 10.3. The Labute approximate surface area is 84.3 Å². The van der Waals surface area contributed by atoms with Gasteiger partial charge >= 0.3 is 5.97 Å². The number of aromatic amines is 1. The molecule has 0 aliphatic heterocycles. The number of H-pyrrole nitrogens is 1. The van der Waals surface area contributed by atoms with Gasteiger partial charge in [0.2, 0.25) is 0 Å². The summed E-state index contributed by atoms with van der Waals surface area (Å²) in [5.41, 5.74) is 6.69. The number of nitrogens with two attached hydrogens (primary N) is 1. The Balaban J connectivity index is 2.90. The first-order valence-electron chi connectivity index (χ1n) is 3.89. The van der Waals surface area contributed by atoms with Crippen LogP contribution in [0.1, 0.15) is 10.4 Å². The molecular weight excluding hydrogens is 204 g/mol. The number of nitrogens with one attached hydrogen (secondary N) is 1. The third-order valence-electron chi connectivity index (χ3n) is 1.98. The smallest absolute Gasteiger partial charge is 0.336 e. The van der Waals surface area contributed by atoms with Crippen molar-refractivity contribution in [3.05, 3.63) is 28.9 Å². The fourth-order valence-electron chi connectivity index (χ4n) is 1.42. The highest BCUT2D eigenvalue weighted by Gasteiger charge is 2.13. The predicted molar refractivity (Wildman–Crippen MR) is 54.7 cm³/mol. The molecular formula is C9H7ClN2O2. The molecule has 2 rings (SSSR count). The molecule has 14 heavy (non-hydrogen) atoms. The Kier molecular flexibility index (Phi) is 1.86. The van der Waals surface area contributed by atoms with E-state index in [0.717, 1.165) is 0 Å². The third kappa shape index (κ3) is 1.20. The van der Waals surface area contributed by atoms with Gasteiger partial charge in [-0.1, -0.05) is 11.6 Å². The van der Waals surface area contributed by atoms with Crippen LogP contribution in [0.15, 0.2) is 18.3 Å². The molecule has 0 amide bonds. The number of hydrogen-bond acceptors (Lipinski definition) is 2. The van der Waals surface area contributed by atoms with Crippen molar-refractivity contribution < 1.29 is 9.90 Å². The number of carboxylic acids is 1. The zero-order valence-electron chi connectivity index (χ0n) is 7.04. The van der Waals surface area contributed by atoms with Crippen molar-refractivity contribution in [3.63, 3.8) is 0 Å². The van der Waals surface area contributed by atoms with Gasteiger partial charge in [0.25, 0.3) is 0 Å². The zero-order valence-corrected chi connectivity index (χ0v) is 7.80. The van der Waals surface area contributed by atoms with Gasteiger partial charge in [-0.2, -0.15) is 0 Å². The topological polar surface area (TPSA) is 79.1 Å². The second-order valence-corrected chi connectivity index (χ2v) is 3.34. The normalized spacial score (nSPS) is 10.6. The van der Waals surface area contributed by atoms with Crippen LogP contribution in [0, 0.1) is 0 Å². The lowest BCUT2D eigenvalue weighted by molar-refractivity contribution is 0.0699. The standard InChI is InChI=1S/C9H7ClN2O2/c10-6-3-12-7-2-4(11)1-5(8(6)7)9(13)14/h1-3,12H,11H2,(H,13,14). The highest BCUT2D eigenvalue weighted by Crippen LogP contribution is 2.28. The summed E-state index contributed by atoms with van der Waals surface area (Å²) in [6.07, 6.45) is 1.54. The van der Waals surface area contributed by atoms with Gasteiger partial charge in [0, 0.05) is 22.8 Å². The van der Waals surface area contributed by atoms with Crippen LogP contribution in [0.25, 0.3) is 10.9 Å². The van der Waals surface area contributed by atoms with Crippen LogP contribution in [0.3, 0.4) is 0 Å². The lowest BCUT2D eigenvalue weighted by Crippen LogP contribution is -1.98. The molecule has 2 aromatic rings. The van der Waals surface area contributed by atoms with Crippen LogP contribution in [-0.2, 0) is 0 Å². The van der Waals surface area contributed by atoms with E-state index in [4.69, 9.17) is 22.4 Å². The number of halogens is 1. The Morgan fingerprint density at radius 1 is 1.50 bits per heavy atom. The maximum Gasteiger partial charge on any atom is 0.336 e. The summed E-state index contributed by atoms with van der Waals surface area (Å²) >= 11 is 5.84. The molecule has 0 spiro atoms. The molecule has 0 saturated heterocycles. The summed E-state index contributed by atoms with van der Waals surface area (Å²) in [6, 6.07) is 3.04. The van der Waals surface area contributed by atoms with E-state index in [0.29, 0.717) is 21.6 Å². The predicted octanol–water partition coefficient (Wildman–Crippen LogP) is 2.10. The number of fused-ring (bicyclic) bond motifs is 1. The van der Waals surface area contributed by atoms with E-state index >= 15 is 0 Å². The minimum absolute atomic E-state index is 0.117. The average Bonchev–Trinajstić information content (AvgIpc) is 2.46. The van der Waals surface area contributed by atoms with E-state index in [1.165, 1.54) is 12.3 Å². The van der Waals surface area contributed by atoms with E-state index in [-0.39, 0.29) is 5.56 Å². The molecule has 5 heteroatoms. The number of aromatic nitrogens is 1. The van der Waals surface area contributed by atoms with Gasteiger partial charge in [0.1, 0.15) is 0 Å². The van der Waals surface area contributed by atoms with Crippen LogP contribution in [0.4, 0.5) is 5.69 Å². The van der Waals surface area contributed by atoms with Gasteiger partial charge in [-0.15, -0.1) is 0 Å². The molecule has 0 atom stereocenters. The van der Waals surface area contributed by atoms with Gasteiger partial charge in [0.15, 0.2) is 0 Å². The summed E-state index contributed by atoms with van der Waals surface area (Å²) in [7, 11) is 0. The van der Waals surface area contributed by atoms with Gasteiger partial charge < -0.3 is 15.8 Å². The first kappa shape index (κ1) is 8.90. The van der Waals surface area contributed by atoms with Gasteiger partial charge in [0.05, 0.1) is 10.6 Å². The highest BCUT2D eigenvalue weighted by molar-refractivity contribution is 6.36. The lowest BCUT2D eigenvalue weighted by atomic mass is 10.1. The SMILES string of the molecule is Nc1cc(C(=O)O)c2c(Cl)c[nH]c2c1. The number of carboxylic acid groups (broad SMARTS) is 1. The van der Waals surface area contributed by atoms with Crippen molar-refractivity contribution in [2.45, 2.75) is 0 Å². The minimum Gasteiger partial charge on any atom is -0.478 e. The molecule has 1 aromatic heterocycles. The number of aromatic carboxylic acids is 1. The Morgan fingerprint density at radius 3 is 2.86 bits per heavy atom. The van der Waals surface area contributed by atoms with E-state index in [9.17, 15) is 4.79 Å². The molecule has 1 heterocycles. The fraction of sp³-hybridized carbons (Fsp3) is 0. The van der Waals surface area contributed by atoms with Crippen LogP contribution in [0.2, 0.25) is 5.02 Å². The van der Waals surface area contributed by atoms with Gasteiger partial charge in [-0.05, 0) is 12.1 Å². The third-order valence-corrected chi connectivity index (χ3v) is 2.28. The summed E-state index contributed by atoms with van der Waals surface area (Å²) < 4.78 is 0. The Morgan fingerprint density at radius 2 is 2.21 bits per heavy atom. The first-order valence-corrected chi connectivity index (χ1v) is 4.27. The van der Waals surface area contributed by atoms with Gasteiger partial charge in [-0.25, -0.2) is 4.79 Å². The summed E-state index contributed by atoms with van der Waals surface area (Å²) in [6.45, 7) is 0. The molecule has 0 radical (unpaired) electrons. The Hall–Kier alpha value is -1.68.